The van der Waals surface area contributed by atoms with Crippen LogP contribution >= 0.6 is 0 Å². The third-order valence-corrected chi connectivity index (χ3v) is 4.76. The summed E-state index contributed by atoms with van der Waals surface area (Å²) in [4.78, 5) is 0. The summed E-state index contributed by atoms with van der Waals surface area (Å²) in [6, 6.07) is 4.54. The van der Waals surface area contributed by atoms with Gasteiger partial charge in [-0.15, -0.1) is 0 Å². The van der Waals surface area contributed by atoms with Gasteiger partial charge in [-0.3, -0.25) is 0 Å². The Morgan fingerprint density at radius 3 is 2.26 bits per heavy atom. The lowest BCUT2D eigenvalue weighted by atomic mass is 9.66. The highest BCUT2D eigenvalue weighted by atomic mass is 16.5. The van der Waals surface area contributed by atoms with Crippen molar-refractivity contribution in [2.24, 2.45) is 11.1 Å². The molecular weight excluding hydrogens is 234 g/mol. The molecule has 1 heterocycles. The Morgan fingerprint density at radius 1 is 1.16 bits per heavy atom. The van der Waals surface area contributed by atoms with Gasteiger partial charge < -0.3 is 10.5 Å². The van der Waals surface area contributed by atoms with Crippen molar-refractivity contribution in [3.8, 4) is 0 Å². The average molecular weight is 261 g/mol. The van der Waals surface area contributed by atoms with Crippen molar-refractivity contribution in [1.82, 2.24) is 0 Å². The van der Waals surface area contributed by atoms with E-state index in [2.05, 4.69) is 46.8 Å². The number of hydrogen-bond acceptors (Lipinski definition) is 2. The fourth-order valence-electron chi connectivity index (χ4n) is 3.22. The normalized spacial score (nSPS) is 18.2. The molecule has 1 aromatic rings. The van der Waals surface area contributed by atoms with Crippen LogP contribution in [0.2, 0.25) is 0 Å². The molecule has 2 N–H and O–H groups in total. The second-order valence-corrected chi connectivity index (χ2v) is 7.00. The number of benzene rings is 1. The van der Waals surface area contributed by atoms with Crippen LogP contribution in [0.1, 0.15) is 42.5 Å². The molecular formula is C17H27NO. The highest BCUT2D eigenvalue weighted by Gasteiger charge is 2.44. The lowest BCUT2D eigenvalue weighted by Gasteiger charge is -2.47. The lowest BCUT2D eigenvalue weighted by Crippen LogP contribution is -2.51. The third kappa shape index (κ3) is 2.56. The number of rotatable bonds is 4. The first-order chi connectivity index (χ1) is 8.81. The van der Waals surface area contributed by atoms with Crippen molar-refractivity contribution in [3.63, 3.8) is 0 Å². The van der Waals surface area contributed by atoms with Gasteiger partial charge in [0, 0.05) is 5.41 Å². The minimum atomic E-state index is 0.162. The van der Waals surface area contributed by atoms with E-state index in [-0.39, 0.29) is 10.8 Å². The van der Waals surface area contributed by atoms with Gasteiger partial charge in [0.15, 0.2) is 0 Å². The molecule has 0 amide bonds. The van der Waals surface area contributed by atoms with Crippen molar-refractivity contribution in [3.05, 3.63) is 34.4 Å². The molecule has 0 aromatic heterocycles. The Bertz CT molecular complexity index is 472. The maximum absolute atomic E-state index is 5.92. The molecule has 1 fully saturated rings. The van der Waals surface area contributed by atoms with Crippen LogP contribution in [0.5, 0.6) is 0 Å². The zero-order chi connectivity index (χ0) is 14.3. The van der Waals surface area contributed by atoms with E-state index in [1.165, 1.54) is 22.3 Å². The summed E-state index contributed by atoms with van der Waals surface area (Å²) < 4.78 is 5.57. The quantitative estimate of drug-likeness (QED) is 0.903. The standard InChI is InChI=1S/C17H27NO/c1-12-6-7-15(14(3)13(12)2)17(10-19-11-17)8-16(4,5)9-18/h6-7H,8-11,18H2,1-5H3. The molecule has 1 aliphatic rings. The Morgan fingerprint density at radius 2 is 1.79 bits per heavy atom. The van der Waals surface area contributed by atoms with Crippen molar-refractivity contribution < 1.29 is 4.74 Å². The second-order valence-electron chi connectivity index (χ2n) is 7.00. The zero-order valence-electron chi connectivity index (χ0n) is 13.0. The van der Waals surface area contributed by atoms with Gasteiger partial charge >= 0.3 is 0 Å². The Kier molecular flexibility index (Phi) is 3.76. The van der Waals surface area contributed by atoms with E-state index in [0.29, 0.717) is 0 Å². The number of aryl methyl sites for hydroxylation is 1. The molecule has 2 rings (SSSR count). The van der Waals surface area contributed by atoms with Gasteiger partial charge in [-0.2, -0.15) is 0 Å². The van der Waals surface area contributed by atoms with Gasteiger partial charge in [0.25, 0.3) is 0 Å². The van der Waals surface area contributed by atoms with Crippen LogP contribution in [0, 0.1) is 26.2 Å². The molecule has 2 heteroatoms. The molecule has 0 bridgehead atoms. The summed E-state index contributed by atoms with van der Waals surface area (Å²) >= 11 is 0. The van der Waals surface area contributed by atoms with Crippen molar-refractivity contribution in [1.29, 1.82) is 0 Å². The summed E-state index contributed by atoms with van der Waals surface area (Å²) in [7, 11) is 0. The van der Waals surface area contributed by atoms with E-state index >= 15 is 0 Å². The van der Waals surface area contributed by atoms with Crippen LogP contribution in [-0.4, -0.2) is 19.8 Å². The van der Waals surface area contributed by atoms with E-state index in [4.69, 9.17) is 10.5 Å². The van der Waals surface area contributed by atoms with E-state index in [9.17, 15) is 0 Å². The highest BCUT2D eigenvalue weighted by molar-refractivity contribution is 5.44. The van der Waals surface area contributed by atoms with Crippen LogP contribution in [0.25, 0.3) is 0 Å². The summed E-state index contributed by atoms with van der Waals surface area (Å²) in [5.74, 6) is 0. The van der Waals surface area contributed by atoms with Gasteiger partial charge in [0.1, 0.15) is 0 Å². The number of hydrogen-bond donors (Lipinski definition) is 1. The average Bonchev–Trinajstić information content (AvgIpc) is 2.32. The first kappa shape index (κ1) is 14.5. The minimum absolute atomic E-state index is 0.162. The van der Waals surface area contributed by atoms with Gasteiger partial charge in [-0.05, 0) is 61.4 Å². The maximum Gasteiger partial charge on any atom is 0.0585 e. The fourth-order valence-corrected chi connectivity index (χ4v) is 3.22. The Labute approximate surface area is 117 Å². The fraction of sp³-hybridized carbons (Fsp3) is 0.647. The number of ether oxygens (including phenoxy) is 1. The molecule has 0 saturated carbocycles. The largest absolute Gasteiger partial charge is 0.379 e. The Hall–Kier alpha value is -0.860. The first-order valence-corrected chi connectivity index (χ1v) is 7.16. The van der Waals surface area contributed by atoms with E-state index in [1.54, 1.807) is 0 Å². The van der Waals surface area contributed by atoms with Crippen LogP contribution in [-0.2, 0) is 10.2 Å². The molecule has 0 aliphatic carbocycles. The Balaban J connectivity index is 2.40. The molecule has 0 radical (unpaired) electrons. The molecule has 2 nitrogen and oxygen atoms in total. The molecule has 0 atom stereocenters. The van der Waals surface area contributed by atoms with E-state index < -0.39 is 0 Å². The minimum Gasteiger partial charge on any atom is -0.379 e. The van der Waals surface area contributed by atoms with E-state index in [1.807, 2.05) is 0 Å². The predicted molar refractivity (Wildman–Crippen MR) is 80.6 cm³/mol. The van der Waals surface area contributed by atoms with Crippen LogP contribution in [0.15, 0.2) is 12.1 Å². The third-order valence-electron chi connectivity index (χ3n) is 4.76. The second kappa shape index (κ2) is 4.92. The van der Waals surface area contributed by atoms with E-state index in [0.717, 1.165) is 26.2 Å². The van der Waals surface area contributed by atoms with Gasteiger partial charge in [-0.1, -0.05) is 26.0 Å². The smallest absolute Gasteiger partial charge is 0.0585 e. The maximum atomic E-state index is 5.92. The summed E-state index contributed by atoms with van der Waals surface area (Å²) in [6.45, 7) is 13.5. The summed E-state index contributed by atoms with van der Waals surface area (Å²) in [5, 5.41) is 0. The zero-order valence-corrected chi connectivity index (χ0v) is 13.0. The van der Waals surface area contributed by atoms with Crippen molar-refractivity contribution in [2.45, 2.75) is 46.5 Å². The molecule has 1 aromatic carbocycles. The predicted octanol–water partition coefficient (Wildman–Crippen LogP) is 3.25. The number of nitrogens with two attached hydrogens (primary N) is 1. The van der Waals surface area contributed by atoms with Crippen LogP contribution in [0.3, 0.4) is 0 Å². The molecule has 19 heavy (non-hydrogen) atoms. The summed E-state index contributed by atoms with van der Waals surface area (Å²) in [6.07, 6.45) is 1.10. The van der Waals surface area contributed by atoms with Gasteiger partial charge in [0.05, 0.1) is 13.2 Å². The van der Waals surface area contributed by atoms with Crippen LogP contribution < -0.4 is 5.73 Å². The summed E-state index contributed by atoms with van der Waals surface area (Å²) in [5.41, 5.74) is 11.9. The molecule has 106 valence electrons. The van der Waals surface area contributed by atoms with Gasteiger partial charge in [0.2, 0.25) is 0 Å². The molecule has 0 unspecified atom stereocenters. The van der Waals surface area contributed by atoms with Crippen molar-refractivity contribution >= 4 is 0 Å². The first-order valence-electron chi connectivity index (χ1n) is 7.16. The monoisotopic (exact) mass is 261 g/mol. The topological polar surface area (TPSA) is 35.2 Å². The molecule has 1 saturated heterocycles. The van der Waals surface area contributed by atoms with Crippen molar-refractivity contribution in [2.75, 3.05) is 19.8 Å². The molecule has 1 aliphatic heterocycles. The molecule has 0 spiro atoms. The van der Waals surface area contributed by atoms with Crippen LogP contribution in [0.4, 0.5) is 0 Å². The lowest BCUT2D eigenvalue weighted by molar-refractivity contribution is -0.0789. The highest BCUT2D eigenvalue weighted by Crippen LogP contribution is 2.44. The SMILES string of the molecule is Cc1ccc(C2(CC(C)(C)CN)COC2)c(C)c1C. The van der Waals surface area contributed by atoms with Gasteiger partial charge in [-0.25, -0.2) is 0 Å².